The second-order valence-corrected chi connectivity index (χ2v) is 35.4. The van der Waals surface area contributed by atoms with Gasteiger partial charge in [0, 0.05) is 58.4 Å². The average molecular weight is 1890 g/mol. The lowest BCUT2D eigenvalue weighted by Crippen LogP contribution is -2.27. The van der Waals surface area contributed by atoms with Gasteiger partial charge >= 0.3 is 18.1 Å². The molecule has 12 aromatic rings. The van der Waals surface area contributed by atoms with E-state index in [1.54, 1.807) is 30.5 Å². The van der Waals surface area contributed by atoms with Gasteiger partial charge in [-0.1, -0.05) is 269 Å². The van der Waals surface area contributed by atoms with E-state index >= 15 is 0 Å². The zero-order valence-corrected chi connectivity index (χ0v) is 77.7. The Morgan fingerprint density at radius 3 is 1.14 bits per heavy atom. The number of pyridine rings is 1. The summed E-state index contributed by atoms with van der Waals surface area (Å²) in [6, 6.07) is 75.3. The molecule has 21 heteroatoms. The number of nitrogens with zero attached hydrogens (tertiary/aromatic N) is 1. The number of hydrogen-bond acceptors (Lipinski definition) is 7. The third-order valence-electron chi connectivity index (χ3n) is 23.3. The van der Waals surface area contributed by atoms with Crippen LogP contribution in [0.2, 0.25) is 15.1 Å². The maximum Gasteiger partial charge on any atom is 0.417 e. The lowest BCUT2D eigenvalue weighted by atomic mass is 9.85. The number of aryl methyl sites for hydroxylation is 1. The first-order valence-corrected chi connectivity index (χ1v) is 46.6. The van der Waals surface area contributed by atoms with Gasteiger partial charge in [-0.05, 0) is 321 Å². The van der Waals surface area contributed by atoms with Crippen molar-refractivity contribution in [3.05, 3.63) is 463 Å². The number of aromatic nitrogens is 1. The van der Waals surface area contributed by atoms with Crippen LogP contribution in [0.15, 0.2) is 308 Å². The van der Waals surface area contributed by atoms with Gasteiger partial charge in [0.05, 0.1) is 16.8 Å². The van der Waals surface area contributed by atoms with Crippen molar-refractivity contribution < 1.29 is 64.2 Å². The first-order valence-electron chi connectivity index (χ1n) is 43.6. The van der Waals surface area contributed by atoms with Gasteiger partial charge in [-0.3, -0.25) is 14.6 Å². The van der Waals surface area contributed by atoms with Gasteiger partial charge in [-0.2, -0.15) is 13.2 Å². The Balaban J connectivity index is 0.000000153. The highest BCUT2D eigenvalue weighted by atomic mass is 35.5. The minimum atomic E-state index is -4.55. The normalized spacial score (nSPS) is 13.8. The summed E-state index contributed by atoms with van der Waals surface area (Å²) in [4.78, 5) is 48.8. The molecule has 682 valence electrons. The van der Waals surface area contributed by atoms with Crippen molar-refractivity contribution in [3.8, 4) is 0 Å². The molecule has 1 heterocycles. The Hall–Kier alpha value is -14.3. The maximum absolute atomic E-state index is 14.8. The number of rotatable bonds is 25. The monoisotopic (exact) mass is 1880 g/mol. The number of carboxylic acid groups (broad SMARTS) is 2. The average Bonchev–Trinajstić information content (AvgIpc) is 1.65. The number of amides is 2. The van der Waals surface area contributed by atoms with Crippen LogP contribution in [0.3, 0.4) is 0 Å². The van der Waals surface area contributed by atoms with Crippen molar-refractivity contribution in [2.45, 2.75) is 92.2 Å². The van der Waals surface area contributed by atoms with Gasteiger partial charge in [0.15, 0.2) is 0 Å². The molecule has 11 aromatic carbocycles. The van der Waals surface area contributed by atoms with Crippen molar-refractivity contribution in [2.24, 2.45) is 5.73 Å². The van der Waals surface area contributed by atoms with Crippen molar-refractivity contribution in [3.63, 3.8) is 0 Å². The number of carboxylic acids is 2. The topological polar surface area (TPSA) is 194 Å². The molecule has 0 atom stereocenters. The largest absolute Gasteiger partial charge is 0.478 e. The van der Waals surface area contributed by atoms with Gasteiger partial charge in [0.1, 0.15) is 17.5 Å². The highest BCUT2D eigenvalue weighted by Crippen LogP contribution is 2.48. The summed E-state index contributed by atoms with van der Waals surface area (Å²) in [7, 11) is -3.59. The molecule has 4 aliphatic carbocycles. The lowest BCUT2D eigenvalue weighted by molar-refractivity contribution is -0.138. The summed E-state index contributed by atoms with van der Waals surface area (Å²) < 4.78 is 109. The Kier molecular flexibility index (Phi) is 32.4. The standard InChI is InChI=1S/C30H28ClNO3S.C29H23ClF3NO.C28H22F2O2.C27H21ClFNO2/c1-4-27(28-15-14-26(31)17-20(28)2)30(25-18-23-7-5-6-8-24(23)19-25)22-12-9-21(10-13-22)11-16-29(33)32-36(3,34)35;1-2-24(25-13-12-23(30)17-26(25)29(31,32)33)28(22-15-20-5-3-4-6-21(20)16-22)19-10-7-18(8-11-19)9-14-27(34)35;1-2-24(25-13-12-23(29)17-26(25)30)28(22-15-20-5-3-4-6-21(20)16-22)19-10-7-18(8-11-19)9-14-27(31)32;1-2-23(24-9-8-22(29)15-25(24)28)27(20-13-19-11-12-30-16-21(19)14-20)18-6-3-17(4-7-18)5-10-26(31)32/h5-18H,4,19H2,1-3H3,(H,32,33);3-15,17H,2,16H2,1H3,(H2,34,35);3-15,17H,2,16H2,1H3,(H,31,32);3-12,14-16H,2,13H2,1H3,(H,31,32)/b16-11+,30-27+;2*14-9+,28-24+;10-5+,27-23+. The van der Waals surface area contributed by atoms with E-state index in [1.807, 2.05) is 183 Å². The number of benzene rings is 11. The molecule has 0 saturated heterocycles. The number of sulfonamides is 1. The molecule has 0 fully saturated rings. The molecule has 11 nitrogen and oxygen atoms in total. The Morgan fingerprint density at radius 1 is 0.422 bits per heavy atom. The van der Waals surface area contributed by atoms with Crippen LogP contribution in [-0.4, -0.2) is 53.6 Å². The fourth-order valence-electron chi connectivity index (χ4n) is 17.3. The highest BCUT2D eigenvalue weighted by molar-refractivity contribution is 7.89. The first kappa shape index (κ1) is 98.2. The number of primary amides is 1. The molecule has 4 aliphatic rings. The molecule has 0 spiro atoms. The molecule has 135 heavy (non-hydrogen) atoms. The van der Waals surface area contributed by atoms with Gasteiger partial charge in [0.2, 0.25) is 15.9 Å². The Labute approximate surface area is 796 Å². The van der Waals surface area contributed by atoms with E-state index in [-0.39, 0.29) is 16.4 Å². The van der Waals surface area contributed by atoms with Crippen LogP contribution in [0, 0.1) is 24.4 Å². The van der Waals surface area contributed by atoms with E-state index in [0.29, 0.717) is 41.8 Å². The lowest BCUT2D eigenvalue weighted by Gasteiger charge is -2.21. The number of nitrogens with one attached hydrogen (secondary N) is 1. The van der Waals surface area contributed by atoms with Crippen LogP contribution in [-0.2, 0) is 61.1 Å². The summed E-state index contributed by atoms with van der Waals surface area (Å²) in [5.74, 6) is -4.80. The van der Waals surface area contributed by atoms with Crippen molar-refractivity contribution >= 4 is 162 Å². The Morgan fingerprint density at radius 2 is 0.770 bits per heavy atom. The molecule has 0 saturated carbocycles. The zero-order valence-electron chi connectivity index (χ0n) is 74.6. The minimum Gasteiger partial charge on any atom is -0.478 e. The van der Waals surface area contributed by atoms with Crippen molar-refractivity contribution in [1.29, 1.82) is 0 Å². The molecular weight excluding hydrogens is 1790 g/mol. The second kappa shape index (κ2) is 44.5. The van der Waals surface area contributed by atoms with Crippen molar-refractivity contribution in [1.82, 2.24) is 9.71 Å². The molecule has 0 bridgehead atoms. The predicted molar refractivity (Wildman–Crippen MR) is 538 cm³/mol. The quantitative estimate of drug-likeness (QED) is 0.0245. The number of nitrogens with two attached hydrogens (primary N) is 1. The fourth-order valence-corrected chi connectivity index (χ4v) is 18.4. The third-order valence-corrected chi connectivity index (χ3v) is 24.6. The zero-order chi connectivity index (χ0) is 96.4. The molecule has 16 rings (SSSR count). The van der Waals surface area contributed by atoms with Gasteiger partial charge in [0.25, 0.3) is 5.91 Å². The number of halogens is 9. The predicted octanol–water partition coefficient (Wildman–Crippen LogP) is 28.5. The number of aliphatic carboxylic acids is 2. The fraction of sp³-hybridized carbons (Fsp3) is 0.132. The molecule has 0 radical (unpaired) electrons. The first-order chi connectivity index (χ1) is 64.7. The summed E-state index contributed by atoms with van der Waals surface area (Å²) in [5, 5.41) is 18.9. The van der Waals surface area contributed by atoms with E-state index in [2.05, 4.69) is 86.4 Å². The second-order valence-electron chi connectivity index (χ2n) is 32.4. The number of fused-ring (bicyclic) bond motifs is 4. The van der Waals surface area contributed by atoms with E-state index in [1.165, 1.54) is 99.2 Å². The van der Waals surface area contributed by atoms with Crippen LogP contribution >= 0.6 is 34.8 Å². The molecule has 5 N–H and O–H groups in total. The van der Waals surface area contributed by atoms with Crippen LogP contribution in [0.5, 0.6) is 0 Å². The summed E-state index contributed by atoms with van der Waals surface area (Å²) in [6.07, 6.45) is 25.1. The van der Waals surface area contributed by atoms with E-state index < -0.39 is 57.2 Å². The molecular formula is C114H94Cl3F6N3O8S. The SMILES string of the molecule is CC/C(=C(\C1=Cc2ccccc2C1)c1ccc(/C=C/C(=O)NS(C)(=O)=O)cc1)c1ccc(Cl)cc1C.CC/C(=C(\C1=Cc2ccccc2C1)c1ccc(/C=C/C(=O)O)cc1)c1ccc(F)cc1F.CC/C(=C(\C1=Cc2ccccc2C1)c1ccc(/C=C/C(N)=O)cc1)c1ccc(Cl)cc1C(F)(F)F.CC/C(=C(\C1=Cc2cnccc2C1)c1ccc(/C=C/C(=O)O)cc1)c1ccc(F)cc1Cl. The molecule has 0 aliphatic heterocycles. The van der Waals surface area contributed by atoms with Gasteiger partial charge in [-0.25, -0.2) is 35.9 Å². The van der Waals surface area contributed by atoms with Crippen molar-refractivity contribution in [2.75, 3.05) is 6.26 Å². The maximum atomic E-state index is 14.8. The van der Waals surface area contributed by atoms with E-state index in [0.717, 1.165) is 184 Å². The number of hydrogen-bond donors (Lipinski definition) is 4. The van der Waals surface area contributed by atoms with E-state index in [4.69, 9.17) is 50.7 Å². The summed E-state index contributed by atoms with van der Waals surface area (Å²) >= 11 is 18.7. The number of allylic oxidation sites excluding steroid dienone is 12. The Bertz CT molecular complexity index is 6910. The number of carbonyl (C=O) groups excluding carboxylic acids is 2. The van der Waals surface area contributed by atoms with Crippen LogP contribution in [0.4, 0.5) is 26.3 Å². The third kappa shape index (κ3) is 25.2. The van der Waals surface area contributed by atoms with Gasteiger partial charge < -0.3 is 15.9 Å². The van der Waals surface area contributed by atoms with Crippen LogP contribution in [0.25, 0.3) is 93.2 Å². The summed E-state index contributed by atoms with van der Waals surface area (Å²) in [6.45, 7) is 10.1. The molecule has 0 unspecified atom stereocenters. The minimum absolute atomic E-state index is 0.0381. The van der Waals surface area contributed by atoms with E-state index in [9.17, 15) is 53.9 Å². The smallest absolute Gasteiger partial charge is 0.417 e. The summed E-state index contributed by atoms with van der Waals surface area (Å²) in [5.41, 5.74) is 36.3. The highest BCUT2D eigenvalue weighted by Gasteiger charge is 2.36. The van der Waals surface area contributed by atoms with Gasteiger partial charge in [-0.15, -0.1) is 0 Å². The van der Waals surface area contributed by atoms with Crippen LogP contribution in [0.1, 0.15) is 176 Å². The van der Waals surface area contributed by atoms with Crippen LogP contribution < -0.4 is 10.5 Å². The molecule has 2 amide bonds. The number of carbonyl (C=O) groups is 4. The number of alkyl halides is 3. The molecule has 1 aromatic heterocycles.